The number of para-hydroxylation sites is 1. The summed E-state index contributed by atoms with van der Waals surface area (Å²) in [5.74, 6) is 0.163. The summed E-state index contributed by atoms with van der Waals surface area (Å²) in [5, 5.41) is 14.0. The van der Waals surface area contributed by atoms with Crippen LogP contribution in [0.25, 0.3) is 0 Å². The monoisotopic (exact) mass is 228 g/mol. The molecule has 1 aromatic rings. The maximum atomic E-state index is 10.7. The number of nitro benzene ring substituents is 1. The molecule has 5 nitrogen and oxygen atoms in total. The average Bonchev–Trinajstić information content (AvgIpc) is 2.12. The molecule has 80 valence electrons. The highest BCUT2D eigenvalue weighted by molar-refractivity contribution is 6.32. The normalized spacial score (nSPS) is 15.8. The molecule has 0 unspecified atom stereocenters. The molecule has 0 aromatic heterocycles. The third-order valence-corrected chi connectivity index (χ3v) is 2.47. The lowest BCUT2D eigenvalue weighted by molar-refractivity contribution is -0.386. The number of rotatable bonds is 3. The molecule has 1 heterocycles. The van der Waals surface area contributed by atoms with Crippen molar-refractivity contribution in [1.29, 1.82) is 0 Å². The van der Waals surface area contributed by atoms with Crippen LogP contribution in [-0.4, -0.2) is 24.1 Å². The highest BCUT2D eigenvalue weighted by Crippen LogP contribution is 2.35. The summed E-state index contributed by atoms with van der Waals surface area (Å²) in [6.45, 7) is 1.39. The average molecular weight is 229 g/mol. The van der Waals surface area contributed by atoms with Crippen molar-refractivity contribution in [2.45, 2.75) is 6.10 Å². The van der Waals surface area contributed by atoms with Crippen LogP contribution in [0, 0.1) is 10.1 Å². The third-order valence-electron chi connectivity index (χ3n) is 2.17. The standard InChI is InChI=1S/C9H9ClN2O3/c10-7-2-1-3-8(12(13)14)9(7)15-6-4-11-5-6/h1-3,6,11H,4-5H2. The zero-order valence-electron chi connectivity index (χ0n) is 7.77. The summed E-state index contributed by atoms with van der Waals surface area (Å²) in [6, 6.07) is 4.50. The van der Waals surface area contributed by atoms with Crippen LogP contribution in [0.2, 0.25) is 5.02 Å². The Hall–Kier alpha value is -1.33. The molecule has 1 fully saturated rings. The van der Waals surface area contributed by atoms with Gasteiger partial charge < -0.3 is 10.1 Å². The molecule has 1 aromatic carbocycles. The second-order valence-electron chi connectivity index (χ2n) is 3.24. The highest BCUT2D eigenvalue weighted by atomic mass is 35.5. The Kier molecular flexibility index (Phi) is 2.75. The number of nitrogens with one attached hydrogen (secondary N) is 1. The van der Waals surface area contributed by atoms with Crippen molar-refractivity contribution in [3.8, 4) is 5.75 Å². The first-order valence-electron chi connectivity index (χ1n) is 4.49. The van der Waals surface area contributed by atoms with E-state index in [1.165, 1.54) is 12.1 Å². The molecule has 1 aliphatic rings. The molecule has 1 N–H and O–H groups in total. The molecular weight excluding hydrogens is 220 g/mol. The lowest BCUT2D eigenvalue weighted by Crippen LogP contribution is -2.50. The summed E-state index contributed by atoms with van der Waals surface area (Å²) >= 11 is 5.85. The predicted octanol–water partition coefficient (Wildman–Crippen LogP) is 1.60. The molecule has 0 bridgehead atoms. The van der Waals surface area contributed by atoms with Crippen molar-refractivity contribution in [2.75, 3.05) is 13.1 Å². The first-order chi connectivity index (χ1) is 7.18. The number of benzene rings is 1. The molecule has 0 spiro atoms. The van der Waals surface area contributed by atoms with Crippen LogP contribution in [0.4, 0.5) is 5.69 Å². The minimum absolute atomic E-state index is 0.0244. The first kappa shape index (κ1) is 10.2. The minimum Gasteiger partial charge on any atom is -0.480 e. The van der Waals surface area contributed by atoms with Gasteiger partial charge in [-0.3, -0.25) is 10.1 Å². The Balaban J connectivity index is 2.29. The maximum absolute atomic E-state index is 10.7. The molecule has 1 aliphatic heterocycles. The van der Waals surface area contributed by atoms with Gasteiger partial charge in [-0.2, -0.15) is 0 Å². The van der Waals surface area contributed by atoms with Crippen molar-refractivity contribution in [1.82, 2.24) is 5.32 Å². The largest absolute Gasteiger partial charge is 0.480 e. The van der Waals surface area contributed by atoms with Gasteiger partial charge in [0.1, 0.15) is 6.10 Å². The number of nitrogens with zero attached hydrogens (tertiary/aromatic N) is 1. The molecule has 6 heteroatoms. The molecule has 0 radical (unpaired) electrons. The molecule has 1 saturated heterocycles. The smallest absolute Gasteiger partial charge is 0.312 e. The number of ether oxygens (including phenoxy) is 1. The fourth-order valence-electron chi connectivity index (χ4n) is 1.27. The third kappa shape index (κ3) is 2.03. The van der Waals surface area contributed by atoms with E-state index in [0.29, 0.717) is 13.1 Å². The van der Waals surface area contributed by atoms with Crippen molar-refractivity contribution in [2.24, 2.45) is 0 Å². The maximum Gasteiger partial charge on any atom is 0.312 e. The van der Waals surface area contributed by atoms with E-state index < -0.39 is 4.92 Å². The van der Waals surface area contributed by atoms with E-state index in [0.717, 1.165) is 0 Å². The Bertz CT molecular complexity index is 393. The van der Waals surface area contributed by atoms with Gasteiger partial charge in [-0.1, -0.05) is 17.7 Å². The number of halogens is 1. The van der Waals surface area contributed by atoms with Crippen LogP contribution in [0.15, 0.2) is 18.2 Å². The Morgan fingerprint density at radius 3 is 2.80 bits per heavy atom. The number of hydrogen-bond donors (Lipinski definition) is 1. The second kappa shape index (κ2) is 4.04. The first-order valence-corrected chi connectivity index (χ1v) is 4.86. The van der Waals surface area contributed by atoms with Gasteiger partial charge in [0.05, 0.1) is 9.95 Å². The lowest BCUT2D eigenvalue weighted by Gasteiger charge is -2.27. The molecule has 2 rings (SSSR count). The van der Waals surface area contributed by atoms with Crippen molar-refractivity contribution < 1.29 is 9.66 Å². The van der Waals surface area contributed by atoms with E-state index in [9.17, 15) is 10.1 Å². The van der Waals surface area contributed by atoms with E-state index in [4.69, 9.17) is 16.3 Å². The van der Waals surface area contributed by atoms with E-state index in [1.807, 2.05) is 0 Å². The van der Waals surface area contributed by atoms with Gasteiger partial charge in [-0.05, 0) is 6.07 Å². The molecule has 0 saturated carbocycles. The predicted molar refractivity (Wildman–Crippen MR) is 55.4 cm³/mol. The Morgan fingerprint density at radius 1 is 1.53 bits per heavy atom. The summed E-state index contributed by atoms with van der Waals surface area (Å²) in [4.78, 5) is 10.2. The summed E-state index contributed by atoms with van der Waals surface area (Å²) < 4.78 is 5.44. The minimum atomic E-state index is -0.493. The number of hydrogen-bond acceptors (Lipinski definition) is 4. The van der Waals surface area contributed by atoms with Crippen LogP contribution < -0.4 is 10.1 Å². The van der Waals surface area contributed by atoms with Crippen molar-refractivity contribution >= 4 is 17.3 Å². The Morgan fingerprint density at radius 2 is 2.27 bits per heavy atom. The summed E-state index contributed by atoms with van der Waals surface area (Å²) in [5.41, 5.74) is -0.0885. The van der Waals surface area contributed by atoms with Gasteiger partial charge in [-0.15, -0.1) is 0 Å². The quantitative estimate of drug-likeness (QED) is 0.631. The second-order valence-corrected chi connectivity index (χ2v) is 3.65. The van der Waals surface area contributed by atoms with Crippen molar-refractivity contribution in [3.05, 3.63) is 33.3 Å². The van der Waals surface area contributed by atoms with E-state index >= 15 is 0 Å². The van der Waals surface area contributed by atoms with Gasteiger partial charge in [0.25, 0.3) is 0 Å². The fraction of sp³-hybridized carbons (Fsp3) is 0.333. The van der Waals surface area contributed by atoms with E-state index in [2.05, 4.69) is 5.32 Å². The molecule has 15 heavy (non-hydrogen) atoms. The summed E-state index contributed by atoms with van der Waals surface area (Å²) in [7, 11) is 0. The van der Waals surface area contributed by atoms with Gasteiger partial charge in [0, 0.05) is 19.2 Å². The Labute approximate surface area is 91.1 Å². The van der Waals surface area contributed by atoms with Crippen LogP contribution >= 0.6 is 11.6 Å². The molecule has 0 atom stereocenters. The highest BCUT2D eigenvalue weighted by Gasteiger charge is 2.25. The van der Waals surface area contributed by atoms with E-state index in [1.54, 1.807) is 6.07 Å². The van der Waals surface area contributed by atoms with Crippen LogP contribution in [0.5, 0.6) is 5.75 Å². The van der Waals surface area contributed by atoms with Crippen LogP contribution in [0.1, 0.15) is 0 Å². The molecule has 0 aliphatic carbocycles. The number of nitro groups is 1. The van der Waals surface area contributed by atoms with E-state index in [-0.39, 0.29) is 22.6 Å². The van der Waals surface area contributed by atoms with Gasteiger partial charge in [0.2, 0.25) is 5.75 Å². The molecular formula is C9H9ClN2O3. The summed E-state index contributed by atoms with van der Waals surface area (Å²) in [6.07, 6.45) is -0.0244. The van der Waals surface area contributed by atoms with Gasteiger partial charge >= 0.3 is 5.69 Å². The van der Waals surface area contributed by atoms with Gasteiger partial charge in [-0.25, -0.2) is 0 Å². The van der Waals surface area contributed by atoms with Crippen LogP contribution in [0.3, 0.4) is 0 Å². The molecule has 0 amide bonds. The van der Waals surface area contributed by atoms with Crippen LogP contribution in [-0.2, 0) is 0 Å². The zero-order chi connectivity index (χ0) is 10.8. The van der Waals surface area contributed by atoms with Crippen molar-refractivity contribution in [3.63, 3.8) is 0 Å². The zero-order valence-corrected chi connectivity index (χ0v) is 8.53. The van der Waals surface area contributed by atoms with Gasteiger partial charge in [0.15, 0.2) is 0 Å². The fourth-order valence-corrected chi connectivity index (χ4v) is 1.48. The lowest BCUT2D eigenvalue weighted by atomic mass is 10.2. The SMILES string of the molecule is O=[N+]([O-])c1cccc(Cl)c1OC1CNC1. The topological polar surface area (TPSA) is 64.4 Å².